The van der Waals surface area contributed by atoms with Gasteiger partial charge in [-0.05, 0) is 12.1 Å². The zero-order chi connectivity index (χ0) is 13.2. The minimum Gasteiger partial charge on any atom is -0.388 e. The van der Waals surface area contributed by atoms with Crippen LogP contribution in [0.5, 0.6) is 0 Å². The smallest absolute Gasteiger partial charge is 0.388 e. The largest absolute Gasteiger partial charge is 0.403 e. The van der Waals surface area contributed by atoms with Crippen molar-refractivity contribution in [3.8, 4) is 0 Å². The summed E-state index contributed by atoms with van der Waals surface area (Å²) < 4.78 is 49.8. The van der Waals surface area contributed by atoms with E-state index >= 15 is 0 Å². The Morgan fingerprint density at radius 2 is 1.94 bits per heavy atom. The summed E-state index contributed by atoms with van der Waals surface area (Å²) in [7, 11) is 0. The second-order valence-electron chi connectivity index (χ2n) is 3.53. The van der Waals surface area contributed by atoms with Gasteiger partial charge < -0.3 is 10.8 Å². The third-order valence-corrected chi connectivity index (χ3v) is 2.56. The lowest BCUT2D eigenvalue weighted by Crippen LogP contribution is -2.38. The number of rotatable bonds is 3. The van der Waals surface area contributed by atoms with Crippen LogP contribution >= 0.6 is 11.6 Å². The molecule has 17 heavy (non-hydrogen) atoms. The SMILES string of the molecule is N[C@H](C[C@H](O)c1c(F)cccc1Cl)C(F)(F)F. The zero-order valence-corrected chi connectivity index (χ0v) is 9.26. The molecule has 0 aliphatic heterocycles. The van der Waals surface area contributed by atoms with E-state index in [-0.39, 0.29) is 10.6 Å². The Bertz CT molecular complexity index is 376. The van der Waals surface area contributed by atoms with E-state index in [2.05, 4.69) is 0 Å². The highest BCUT2D eigenvalue weighted by Gasteiger charge is 2.38. The molecule has 3 N–H and O–H groups in total. The van der Waals surface area contributed by atoms with Gasteiger partial charge in [0.25, 0.3) is 0 Å². The number of aliphatic hydroxyl groups excluding tert-OH is 1. The van der Waals surface area contributed by atoms with Crippen LogP contribution in [0.2, 0.25) is 5.02 Å². The molecule has 0 heterocycles. The van der Waals surface area contributed by atoms with Crippen molar-refractivity contribution in [2.45, 2.75) is 24.7 Å². The molecule has 0 aliphatic carbocycles. The Morgan fingerprint density at radius 1 is 1.35 bits per heavy atom. The molecule has 7 heteroatoms. The Balaban J connectivity index is 2.87. The van der Waals surface area contributed by atoms with E-state index in [4.69, 9.17) is 17.3 Å². The lowest BCUT2D eigenvalue weighted by Gasteiger charge is -2.20. The van der Waals surface area contributed by atoms with Gasteiger partial charge in [-0.15, -0.1) is 0 Å². The molecule has 0 aliphatic rings. The van der Waals surface area contributed by atoms with Gasteiger partial charge in [0, 0.05) is 17.0 Å². The molecule has 1 rings (SSSR count). The lowest BCUT2D eigenvalue weighted by molar-refractivity contribution is -0.154. The van der Waals surface area contributed by atoms with Crippen LogP contribution in [0.3, 0.4) is 0 Å². The summed E-state index contributed by atoms with van der Waals surface area (Å²) in [5.74, 6) is -0.862. The first-order valence-corrected chi connectivity index (χ1v) is 5.05. The Kier molecular flexibility index (Phi) is 4.35. The first-order valence-electron chi connectivity index (χ1n) is 4.67. The van der Waals surface area contributed by atoms with E-state index < -0.39 is 30.6 Å². The maximum absolute atomic E-state index is 13.3. The number of aliphatic hydroxyl groups is 1. The number of alkyl halides is 3. The van der Waals surface area contributed by atoms with E-state index in [1.165, 1.54) is 12.1 Å². The van der Waals surface area contributed by atoms with Gasteiger partial charge in [-0.1, -0.05) is 17.7 Å². The quantitative estimate of drug-likeness (QED) is 0.831. The fourth-order valence-corrected chi connectivity index (χ4v) is 1.61. The van der Waals surface area contributed by atoms with Crippen molar-refractivity contribution in [2.24, 2.45) is 5.73 Å². The summed E-state index contributed by atoms with van der Waals surface area (Å²) >= 11 is 5.60. The van der Waals surface area contributed by atoms with Gasteiger partial charge in [-0.2, -0.15) is 13.2 Å². The normalized spacial score (nSPS) is 15.7. The number of hydrogen-bond acceptors (Lipinski definition) is 2. The van der Waals surface area contributed by atoms with Gasteiger partial charge in [0.15, 0.2) is 0 Å². The number of hydrogen-bond donors (Lipinski definition) is 2. The fraction of sp³-hybridized carbons (Fsp3) is 0.400. The Hall–Kier alpha value is -0.850. The minimum absolute atomic E-state index is 0.133. The van der Waals surface area contributed by atoms with Gasteiger partial charge in [0.05, 0.1) is 6.10 Å². The van der Waals surface area contributed by atoms with Crippen LogP contribution < -0.4 is 5.73 Å². The number of benzene rings is 1. The van der Waals surface area contributed by atoms with Crippen LogP contribution in [-0.4, -0.2) is 17.3 Å². The maximum Gasteiger partial charge on any atom is 0.403 e. The molecule has 0 amide bonds. The third-order valence-electron chi connectivity index (χ3n) is 2.23. The van der Waals surface area contributed by atoms with Crippen LogP contribution in [-0.2, 0) is 0 Å². The van der Waals surface area contributed by atoms with Crippen LogP contribution in [0.25, 0.3) is 0 Å². The highest BCUT2D eigenvalue weighted by atomic mass is 35.5. The van der Waals surface area contributed by atoms with Gasteiger partial charge in [0.1, 0.15) is 11.9 Å². The van der Waals surface area contributed by atoms with E-state index in [1.54, 1.807) is 0 Å². The molecule has 0 spiro atoms. The molecular weight excluding hydrogens is 262 g/mol. The van der Waals surface area contributed by atoms with Crippen molar-refractivity contribution in [3.05, 3.63) is 34.6 Å². The highest BCUT2D eigenvalue weighted by molar-refractivity contribution is 6.31. The molecule has 1 aromatic carbocycles. The molecule has 0 fully saturated rings. The van der Waals surface area contributed by atoms with E-state index in [9.17, 15) is 22.7 Å². The Morgan fingerprint density at radius 3 is 2.41 bits per heavy atom. The summed E-state index contributed by atoms with van der Waals surface area (Å²) in [5.41, 5.74) is 4.47. The average molecular weight is 272 g/mol. The topological polar surface area (TPSA) is 46.2 Å². The van der Waals surface area contributed by atoms with Crippen molar-refractivity contribution in [3.63, 3.8) is 0 Å². The number of halogens is 5. The first-order chi connectivity index (χ1) is 7.73. The van der Waals surface area contributed by atoms with Crippen LogP contribution in [0, 0.1) is 5.82 Å². The standard InChI is InChI=1S/C10H10ClF4NO/c11-5-2-1-3-6(12)9(5)7(17)4-8(16)10(13,14)15/h1-3,7-8,17H,4,16H2/t7-,8+/m0/s1. The average Bonchev–Trinajstić information content (AvgIpc) is 2.15. The highest BCUT2D eigenvalue weighted by Crippen LogP contribution is 2.31. The van der Waals surface area contributed by atoms with E-state index in [0.717, 1.165) is 6.07 Å². The molecule has 96 valence electrons. The zero-order valence-electron chi connectivity index (χ0n) is 8.51. The molecule has 0 aromatic heterocycles. The number of nitrogens with two attached hydrogens (primary N) is 1. The van der Waals surface area contributed by atoms with Crippen molar-refractivity contribution in [1.29, 1.82) is 0 Å². The van der Waals surface area contributed by atoms with E-state index in [0.29, 0.717) is 0 Å². The molecule has 0 radical (unpaired) electrons. The second-order valence-corrected chi connectivity index (χ2v) is 3.94. The summed E-state index contributed by atoms with van der Waals surface area (Å²) in [5, 5.41) is 9.38. The summed E-state index contributed by atoms with van der Waals surface area (Å²) in [6, 6.07) is 1.34. The van der Waals surface area contributed by atoms with E-state index in [1.807, 2.05) is 0 Å². The molecule has 0 unspecified atom stereocenters. The van der Waals surface area contributed by atoms with Gasteiger partial charge in [0.2, 0.25) is 0 Å². The molecule has 2 nitrogen and oxygen atoms in total. The molecule has 0 saturated carbocycles. The molecular formula is C10H10ClF4NO. The predicted octanol–water partition coefficient (Wildman–Crippen LogP) is 2.79. The predicted molar refractivity (Wildman–Crippen MR) is 55.0 cm³/mol. The third kappa shape index (κ3) is 3.55. The first kappa shape index (κ1) is 14.2. The lowest BCUT2D eigenvalue weighted by atomic mass is 10.0. The van der Waals surface area contributed by atoms with Gasteiger partial charge in [-0.3, -0.25) is 0 Å². The Labute approximate surface area is 100.0 Å². The second kappa shape index (κ2) is 5.20. The van der Waals surface area contributed by atoms with Crippen molar-refractivity contribution in [1.82, 2.24) is 0 Å². The van der Waals surface area contributed by atoms with Gasteiger partial charge >= 0.3 is 6.18 Å². The summed E-state index contributed by atoms with van der Waals surface area (Å²) in [4.78, 5) is 0. The fourth-order valence-electron chi connectivity index (χ4n) is 1.32. The minimum atomic E-state index is -4.64. The van der Waals surface area contributed by atoms with Crippen molar-refractivity contribution in [2.75, 3.05) is 0 Å². The van der Waals surface area contributed by atoms with Gasteiger partial charge in [-0.25, -0.2) is 4.39 Å². The molecule has 2 atom stereocenters. The van der Waals surface area contributed by atoms with Crippen LogP contribution in [0.15, 0.2) is 18.2 Å². The molecule has 0 bridgehead atoms. The maximum atomic E-state index is 13.3. The van der Waals surface area contributed by atoms with Crippen LogP contribution in [0.4, 0.5) is 17.6 Å². The molecule has 1 aromatic rings. The summed E-state index contributed by atoms with van der Waals surface area (Å²) in [6.45, 7) is 0. The molecule has 0 saturated heterocycles. The van der Waals surface area contributed by atoms with Crippen LogP contribution in [0.1, 0.15) is 18.1 Å². The summed E-state index contributed by atoms with van der Waals surface area (Å²) in [6.07, 6.45) is -7.18. The monoisotopic (exact) mass is 271 g/mol. The van der Waals surface area contributed by atoms with Crippen molar-refractivity contribution < 1.29 is 22.7 Å². The van der Waals surface area contributed by atoms with Crippen molar-refractivity contribution >= 4 is 11.6 Å².